The molecule has 1 aromatic heterocycles. The highest BCUT2D eigenvalue weighted by atomic mass is 79.9. The van der Waals surface area contributed by atoms with E-state index in [-0.39, 0.29) is 0 Å². The number of ether oxygens (including phenoxy) is 1. The Hall–Kier alpha value is -1.52. The largest absolute Gasteiger partial charge is 0.489 e. The minimum atomic E-state index is 0.555. The van der Waals surface area contributed by atoms with Crippen LogP contribution in [0.25, 0.3) is 10.1 Å². The van der Waals surface area contributed by atoms with Gasteiger partial charge < -0.3 is 10.5 Å². The van der Waals surface area contributed by atoms with Crippen molar-refractivity contribution in [3.05, 3.63) is 57.9 Å². The van der Waals surface area contributed by atoms with Gasteiger partial charge in [0.05, 0.1) is 0 Å². The van der Waals surface area contributed by atoms with Gasteiger partial charge in [-0.15, -0.1) is 11.3 Å². The molecule has 0 amide bonds. The second kappa shape index (κ2) is 5.23. The number of nitrogens with two attached hydrogens (primary N) is 1. The monoisotopic (exact) mass is 333 g/mol. The van der Waals surface area contributed by atoms with E-state index in [0.29, 0.717) is 12.3 Å². The van der Waals surface area contributed by atoms with Crippen molar-refractivity contribution >= 4 is 43.0 Å². The van der Waals surface area contributed by atoms with E-state index in [1.165, 1.54) is 15.6 Å². The summed E-state index contributed by atoms with van der Waals surface area (Å²) in [6, 6.07) is 14.0. The number of thiophene rings is 1. The van der Waals surface area contributed by atoms with E-state index in [4.69, 9.17) is 10.5 Å². The van der Waals surface area contributed by atoms with Gasteiger partial charge >= 0.3 is 0 Å². The van der Waals surface area contributed by atoms with E-state index in [0.717, 1.165) is 10.2 Å². The zero-order chi connectivity index (χ0) is 13.2. The van der Waals surface area contributed by atoms with Gasteiger partial charge in [0.1, 0.15) is 12.4 Å². The summed E-state index contributed by atoms with van der Waals surface area (Å²) in [6.45, 7) is 0.555. The van der Waals surface area contributed by atoms with Crippen molar-refractivity contribution in [1.82, 2.24) is 0 Å². The van der Waals surface area contributed by atoms with Gasteiger partial charge in [-0.25, -0.2) is 0 Å². The SMILES string of the molecule is Nc1cc(Br)cc(OCc2csc3ccccc23)c1. The highest BCUT2D eigenvalue weighted by molar-refractivity contribution is 9.10. The number of fused-ring (bicyclic) bond motifs is 1. The number of halogens is 1. The molecule has 1 heterocycles. The van der Waals surface area contributed by atoms with Crippen LogP contribution in [0.3, 0.4) is 0 Å². The van der Waals surface area contributed by atoms with Crippen LogP contribution < -0.4 is 10.5 Å². The molecule has 4 heteroatoms. The Morgan fingerprint density at radius 2 is 2.00 bits per heavy atom. The number of benzene rings is 2. The van der Waals surface area contributed by atoms with Gasteiger partial charge in [-0.3, -0.25) is 0 Å². The van der Waals surface area contributed by atoms with E-state index in [9.17, 15) is 0 Å². The molecule has 0 spiro atoms. The van der Waals surface area contributed by atoms with Gasteiger partial charge in [-0.1, -0.05) is 34.1 Å². The molecular weight excluding hydrogens is 322 g/mol. The second-order valence-corrected chi connectivity index (χ2v) is 6.09. The van der Waals surface area contributed by atoms with Crippen molar-refractivity contribution < 1.29 is 4.74 Å². The van der Waals surface area contributed by atoms with Crippen LogP contribution in [0.4, 0.5) is 5.69 Å². The number of hydrogen-bond acceptors (Lipinski definition) is 3. The molecule has 0 saturated carbocycles. The second-order valence-electron chi connectivity index (χ2n) is 4.27. The average Bonchev–Trinajstić information content (AvgIpc) is 2.78. The molecule has 0 fully saturated rings. The lowest BCUT2D eigenvalue weighted by Crippen LogP contribution is -1.95. The highest BCUT2D eigenvalue weighted by Gasteiger charge is 2.05. The Labute approximate surface area is 123 Å². The lowest BCUT2D eigenvalue weighted by Gasteiger charge is -2.07. The molecule has 3 aromatic rings. The average molecular weight is 334 g/mol. The third-order valence-corrected chi connectivity index (χ3v) is 4.32. The number of rotatable bonds is 3. The molecular formula is C15H12BrNOS. The summed E-state index contributed by atoms with van der Waals surface area (Å²) in [5.41, 5.74) is 7.69. The van der Waals surface area contributed by atoms with Crippen LogP contribution in [0.2, 0.25) is 0 Å². The van der Waals surface area contributed by atoms with Gasteiger partial charge in [-0.2, -0.15) is 0 Å². The van der Waals surface area contributed by atoms with E-state index < -0.39 is 0 Å². The third kappa shape index (κ3) is 2.74. The molecule has 96 valence electrons. The smallest absolute Gasteiger partial charge is 0.122 e. The van der Waals surface area contributed by atoms with E-state index >= 15 is 0 Å². The van der Waals surface area contributed by atoms with E-state index in [1.54, 1.807) is 11.3 Å². The predicted octanol–water partition coefficient (Wildman–Crippen LogP) is 4.83. The molecule has 0 aliphatic carbocycles. The molecule has 3 rings (SSSR count). The molecule has 2 nitrogen and oxygen atoms in total. The maximum absolute atomic E-state index is 5.82. The number of anilines is 1. The van der Waals surface area contributed by atoms with Gasteiger partial charge in [-0.05, 0) is 29.0 Å². The topological polar surface area (TPSA) is 35.2 Å². The third-order valence-electron chi connectivity index (χ3n) is 2.85. The lowest BCUT2D eigenvalue weighted by molar-refractivity contribution is 0.308. The van der Waals surface area contributed by atoms with Crippen LogP contribution in [0.1, 0.15) is 5.56 Å². The fourth-order valence-electron chi connectivity index (χ4n) is 1.97. The lowest BCUT2D eigenvalue weighted by atomic mass is 10.2. The highest BCUT2D eigenvalue weighted by Crippen LogP contribution is 2.28. The predicted molar refractivity (Wildman–Crippen MR) is 84.7 cm³/mol. The molecule has 0 aliphatic rings. The van der Waals surface area contributed by atoms with Crippen LogP contribution in [-0.4, -0.2) is 0 Å². The van der Waals surface area contributed by atoms with Crippen LogP contribution in [0.15, 0.2) is 52.3 Å². The first-order chi connectivity index (χ1) is 9.22. The quantitative estimate of drug-likeness (QED) is 0.697. The van der Waals surface area contributed by atoms with Gasteiger partial charge in [0.2, 0.25) is 0 Å². The zero-order valence-electron chi connectivity index (χ0n) is 10.1. The Balaban J connectivity index is 1.82. The molecule has 0 aliphatic heterocycles. The molecule has 2 aromatic carbocycles. The molecule has 0 bridgehead atoms. The van der Waals surface area contributed by atoms with Crippen LogP contribution in [-0.2, 0) is 6.61 Å². The molecule has 0 radical (unpaired) electrons. The standard InChI is InChI=1S/C15H12BrNOS/c16-11-5-12(17)7-13(6-11)18-8-10-9-19-15-4-2-1-3-14(10)15/h1-7,9H,8,17H2. The summed E-state index contributed by atoms with van der Waals surface area (Å²) < 4.78 is 8.03. The molecule has 0 unspecified atom stereocenters. The normalized spacial score (nSPS) is 10.8. The minimum Gasteiger partial charge on any atom is -0.489 e. The summed E-state index contributed by atoms with van der Waals surface area (Å²) in [5.74, 6) is 0.780. The fourth-order valence-corrected chi connectivity index (χ4v) is 3.41. The summed E-state index contributed by atoms with van der Waals surface area (Å²) in [4.78, 5) is 0. The number of hydrogen-bond donors (Lipinski definition) is 1. The van der Waals surface area contributed by atoms with Crippen molar-refractivity contribution in [1.29, 1.82) is 0 Å². The van der Waals surface area contributed by atoms with Crippen molar-refractivity contribution in [3.8, 4) is 5.75 Å². The Bertz CT molecular complexity index is 703. The van der Waals surface area contributed by atoms with Gasteiger partial charge in [0, 0.05) is 26.5 Å². The van der Waals surface area contributed by atoms with Crippen molar-refractivity contribution in [2.45, 2.75) is 6.61 Å². The Kier molecular flexibility index (Phi) is 3.44. The zero-order valence-corrected chi connectivity index (χ0v) is 12.5. The van der Waals surface area contributed by atoms with Gasteiger partial charge in [0.15, 0.2) is 0 Å². The summed E-state index contributed by atoms with van der Waals surface area (Å²) in [6.07, 6.45) is 0. The van der Waals surface area contributed by atoms with Crippen molar-refractivity contribution in [2.75, 3.05) is 5.73 Å². The molecule has 2 N–H and O–H groups in total. The first-order valence-electron chi connectivity index (χ1n) is 5.86. The molecule has 0 saturated heterocycles. The van der Waals surface area contributed by atoms with Crippen molar-refractivity contribution in [2.24, 2.45) is 0 Å². The van der Waals surface area contributed by atoms with Crippen LogP contribution in [0.5, 0.6) is 5.75 Å². The Morgan fingerprint density at radius 1 is 1.16 bits per heavy atom. The summed E-state index contributed by atoms with van der Waals surface area (Å²) in [7, 11) is 0. The number of nitrogen functional groups attached to an aromatic ring is 1. The van der Waals surface area contributed by atoms with Crippen LogP contribution >= 0.6 is 27.3 Å². The summed E-state index contributed by atoms with van der Waals surface area (Å²) >= 11 is 5.15. The summed E-state index contributed by atoms with van der Waals surface area (Å²) in [5, 5.41) is 3.40. The molecule has 0 atom stereocenters. The Morgan fingerprint density at radius 3 is 2.84 bits per heavy atom. The minimum absolute atomic E-state index is 0.555. The van der Waals surface area contributed by atoms with E-state index in [2.05, 4.69) is 45.6 Å². The van der Waals surface area contributed by atoms with Crippen LogP contribution in [0, 0.1) is 0 Å². The first kappa shape index (κ1) is 12.5. The molecule has 19 heavy (non-hydrogen) atoms. The van der Waals surface area contributed by atoms with E-state index in [1.807, 2.05) is 18.2 Å². The van der Waals surface area contributed by atoms with Gasteiger partial charge in [0.25, 0.3) is 0 Å². The first-order valence-corrected chi connectivity index (χ1v) is 7.53. The maximum atomic E-state index is 5.82. The fraction of sp³-hybridized carbons (Fsp3) is 0.0667. The maximum Gasteiger partial charge on any atom is 0.122 e. The van der Waals surface area contributed by atoms with Crippen molar-refractivity contribution in [3.63, 3.8) is 0 Å².